The molecule has 0 aromatic heterocycles. The number of hydrogen-bond acceptors (Lipinski definition) is 1. The summed E-state index contributed by atoms with van der Waals surface area (Å²) in [6.45, 7) is 4.35. The van der Waals surface area contributed by atoms with Crippen molar-refractivity contribution in [2.24, 2.45) is 0 Å². The number of halogens is 1. The highest BCUT2D eigenvalue weighted by atomic mass is 79.9. The summed E-state index contributed by atoms with van der Waals surface area (Å²) in [6.07, 6.45) is 1.40. The van der Waals surface area contributed by atoms with Gasteiger partial charge in [0.05, 0.1) is 0 Å². The number of benzene rings is 1. The van der Waals surface area contributed by atoms with Crippen LogP contribution in [0.5, 0.6) is 5.75 Å². The smallest absolute Gasteiger partial charge is 0.123 e. The first kappa shape index (κ1) is 10.0. The Balaban J connectivity index is 2.28. The highest BCUT2D eigenvalue weighted by Crippen LogP contribution is 2.31. The summed E-state index contributed by atoms with van der Waals surface area (Å²) in [5, 5.41) is 1.02. The molecule has 0 radical (unpaired) electrons. The molecule has 0 amide bonds. The molecule has 2 rings (SSSR count). The predicted octanol–water partition coefficient (Wildman–Crippen LogP) is 3.51. The molecular formula is C12H15BrO. The van der Waals surface area contributed by atoms with Gasteiger partial charge in [-0.1, -0.05) is 35.0 Å². The molecule has 0 saturated carbocycles. The number of fused-ring (bicyclic) bond motifs is 1. The summed E-state index contributed by atoms with van der Waals surface area (Å²) in [6, 6.07) is 6.56. The van der Waals surface area contributed by atoms with Crippen LogP contribution in [0.4, 0.5) is 0 Å². The fourth-order valence-electron chi connectivity index (χ4n) is 1.84. The van der Waals surface area contributed by atoms with Crippen LogP contribution in [0.1, 0.15) is 30.9 Å². The van der Waals surface area contributed by atoms with Gasteiger partial charge in [0.1, 0.15) is 11.9 Å². The Hall–Kier alpha value is -0.500. The lowest BCUT2D eigenvalue weighted by Gasteiger charge is -2.09. The topological polar surface area (TPSA) is 9.23 Å². The van der Waals surface area contributed by atoms with Crippen molar-refractivity contribution in [1.82, 2.24) is 0 Å². The zero-order valence-electron chi connectivity index (χ0n) is 8.59. The zero-order valence-corrected chi connectivity index (χ0v) is 10.2. The summed E-state index contributed by atoms with van der Waals surface area (Å²) in [5.41, 5.74) is 2.76. The Bertz CT molecular complexity index is 335. The third kappa shape index (κ3) is 1.81. The molecule has 1 aromatic carbocycles. The van der Waals surface area contributed by atoms with Crippen molar-refractivity contribution in [3.63, 3.8) is 0 Å². The molecule has 14 heavy (non-hydrogen) atoms. The van der Waals surface area contributed by atoms with Crippen molar-refractivity contribution in [2.75, 3.05) is 5.33 Å². The van der Waals surface area contributed by atoms with Gasteiger partial charge >= 0.3 is 0 Å². The summed E-state index contributed by atoms with van der Waals surface area (Å²) < 4.78 is 5.66. The second kappa shape index (κ2) is 3.93. The van der Waals surface area contributed by atoms with Crippen molar-refractivity contribution in [1.29, 1.82) is 0 Å². The van der Waals surface area contributed by atoms with E-state index in [0.29, 0.717) is 12.0 Å². The average molecular weight is 255 g/mol. The monoisotopic (exact) mass is 254 g/mol. The normalized spacial score (nSPS) is 21.5. The van der Waals surface area contributed by atoms with Crippen LogP contribution in [0.3, 0.4) is 0 Å². The van der Waals surface area contributed by atoms with Crippen LogP contribution in [0.2, 0.25) is 0 Å². The quantitative estimate of drug-likeness (QED) is 0.735. The number of hydrogen-bond donors (Lipinski definition) is 0. The summed E-state index contributed by atoms with van der Waals surface area (Å²) >= 11 is 3.51. The van der Waals surface area contributed by atoms with E-state index in [2.05, 4.69) is 48.0 Å². The summed E-state index contributed by atoms with van der Waals surface area (Å²) in [5.74, 6) is 1.65. The first-order valence-corrected chi connectivity index (χ1v) is 6.18. The van der Waals surface area contributed by atoms with Crippen LogP contribution in [0.15, 0.2) is 18.2 Å². The average Bonchev–Trinajstić information content (AvgIpc) is 2.55. The van der Waals surface area contributed by atoms with Gasteiger partial charge < -0.3 is 4.74 Å². The molecule has 0 spiro atoms. The van der Waals surface area contributed by atoms with Gasteiger partial charge in [0.2, 0.25) is 0 Å². The SMILES string of the molecule is CC1Cc2cc(C(C)CBr)ccc2O1. The van der Waals surface area contributed by atoms with E-state index in [0.717, 1.165) is 17.5 Å². The predicted molar refractivity (Wildman–Crippen MR) is 62.4 cm³/mol. The minimum atomic E-state index is 0.347. The van der Waals surface area contributed by atoms with Gasteiger partial charge in [0.15, 0.2) is 0 Å². The molecule has 1 aliphatic heterocycles. The van der Waals surface area contributed by atoms with Crippen LogP contribution in [-0.2, 0) is 6.42 Å². The van der Waals surface area contributed by atoms with Gasteiger partial charge in [-0.3, -0.25) is 0 Å². The Kier molecular flexibility index (Phi) is 2.82. The first-order valence-electron chi connectivity index (χ1n) is 5.06. The molecule has 0 aliphatic carbocycles. The molecule has 0 fully saturated rings. The second-order valence-corrected chi connectivity index (χ2v) is 4.70. The van der Waals surface area contributed by atoms with E-state index in [1.807, 2.05) is 0 Å². The molecule has 1 nitrogen and oxygen atoms in total. The highest BCUT2D eigenvalue weighted by Gasteiger charge is 2.19. The molecule has 76 valence electrons. The number of ether oxygens (including phenoxy) is 1. The molecule has 1 heterocycles. The van der Waals surface area contributed by atoms with Gasteiger partial charge in [-0.15, -0.1) is 0 Å². The van der Waals surface area contributed by atoms with Gasteiger partial charge in [-0.2, -0.15) is 0 Å². The van der Waals surface area contributed by atoms with E-state index < -0.39 is 0 Å². The molecule has 2 atom stereocenters. The van der Waals surface area contributed by atoms with Crippen molar-refractivity contribution in [3.05, 3.63) is 29.3 Å². The summed E-state index contributed by atoms with van der Waals surface area (Å²) in [7, 11) is 0. The van der Waals surface area contributed by atoms with Crippen LogP contribution in [0, 0.1) is 0 Å². The van der Waals surface area contributed by atoms with Gasteiger partial charge in [-0.25, -0.2) is 0 Å². The Morgan fingerprint density at radius 2 is 2.36 bits per heavy atom. The van der Waals surface area contributed by atoms with Gasteiger partial charge in [0.25, 0.3) is 0 Å². The minimum Gasteiger partial charge on any atom is -0.490 e. The molecule has 2 heteroatoms. The maximum atomic E-state index is 5.66. The Morgan fingerprint density at radius 3 is 3.07 bits per heavy atom. The fourth-order valence-corrected chi connectivity index (χ4v) is 2.21. The minimum absolute atomic E-state index is 0.347. The largest absolute Gasteiger partial charge is 0.490 e. The number of alkyl halides is 1. The second-order valence-electron chi connectivity index (χ2n) is 4.06. The van der Waals surface area contributed by atoms with E-state index in [4.69, 9.17) is 4.74 Å². The van der Waals surface area contributed by atoms with Gasteiger partial charge in [-0.05, 0) is 30.0 Å². The fraction of sp³-hybridized carbons (Fsp3) is 0.500. The molecule has 0 bridgehead atoms. The molecule has 1 aliphatic rings. The molecular weight excluding hydrogens is 240 g/mol. The van der Waals surface area contributed by atoms with E-state index in [1.165, 1.54) is 11.1 Å². The first-order chi connectivity index (χ1) is 6.70. The van der Waals surface area contributed by atoms with Crippen molar-refractivity contribution >= 4 is 15.9 Å². The van der Waals surface area contributed by atoms with Crippen LogP contribution < -0.4 is 4.74 Å². The lowest BCUT2D eigenvalue weighted by molar-refractivity contribution is 0.254. The van der Waals surface area contributed by atoms with E-state index >= 15 is 0 Å². The lowest BCUT2D eigenvalue weighted by Crippen LogP contribution is -2.05. The highest BCUT2D eigenvalue weighted by molar-refractivity contribution is 9.09. The maximum absolute atomic E-state index is 5.66. The van der Waals surface area contributed by atoms with E-state index in [1.54, 1.807) is 0 Å². The number of rotatable bonds is 2. The maximum Gasteiger partial charge on any atom is 0.123 e. The molecule has 0 N–H and O–H groups in total. The van der Waals surface area contributed by atoms with Gasteiger partial charge in [0, 0.05) is 11.8 Å². The third-order valence-corrected chi connectivity index (χ3v) is 3.69. The van der Waals surface area contributed by atoms with E-state index in [-0.39, 0.29) is 0 Å². The standard InChI is InChI=1S/C12H15BrO/c1-8(7-13)10-3-4-12-11(6-10)5-9(2)14-12/h3-4,6,8-9H,5,7H2,1-2H3. The lowest BCUT2D eigenvalue weighted by atomic mass is 9.99. The van der Waals surface area contributed by atoms with Crippen molar-refractivity contribution < 1.29 is 4.74 Å². The van der Waals surface area contributed by atoms with E-state index in [9.17, 15) is 0 Å². The Labute approximate surface area is 93.6 Å². The summed E-state index contributed by atoms with van der Waals surface area (Å²) in [4.78, 5) is 0. The Morgan fingerprint density at radius 1 is 1.57 bits per heavy atom. The van der Waals surface area contributed by atoms with Crippen molar-refractivity contribution in [3.8, 4) is 5.75 Å². The van der Waals surface area contributed by atoms with Crippen LogP contribution in [0.25, 0.3) is 0 Å². The molecule has 0 saturated heterocycles. The van der Waals surface area contributed by atoms with Crippen LogP contribution in [-0.4, -0.2) is 11.4 Å². The molecule has 1 aromatic rings. The zero-order chi connectivity index (χ0) is 10.1. The van der Waals surface area contributed by atoms with Crippen molar-refractivity contribution in [2.45, 2.75) is 32.3 Å². The van der Waals surface area contributed by atoms with Crippen LogP contribution >= 0.6 is 15.9 Å². The molecule has 2 unspecified atom stereocenters. The third-order valence-electron chi connectivity index (χ3n) is 2.72.